The lowest BCUT2D eigenvalue weighted by atomic mass is 10.2. The van der Waals surface area contributed by atoms with Crippen LogP contribution in [0.2, 0.25) is 0 Å². The number of rotatable bonds is 8. The van der Waals surface area contributed by atoms with Gasteiger partial charge in [0.2, 0.25) is 10.0 Å². The first-order chi connectivity index (χ1) is 9.51. The van der Waals surface area contributed by atoms with E-state index in [4.69, 9.17) is 15.2 Å². The van der Waals surface area contributed by atoms with Crippen LogP contribution in [0.3, 0.4) is 0 Å². The molecule has 0 bridgehead atoms. The van der Waals surface area contributed by atoms with Gasteiger partial charge in [-0.1, -0.05) is 13.0 Å². The van der Waals surface area contributed by atoms with Crippen molar-refractivity contribution in [3.05, 3.63) is 23.8 Å². The molecular formula is C13H22N2O4S. The van der Waals surface area contributed by atoms with Crippen molar-refractivity contribution in [1.29, 1.82) is 0 Å². The maximum atomic E-state index is 12.7. The summed E-state index contributed by atoms with van der Waals surface area (Å²) in [5.41, 5.74) is 6.32. The van der Waals surface area contributed by atoms with Gasteiger partial charge in [-0.15, -0.1) is 0 Å². The summed E-state index contributed by atoms with van der Waals surface area (Å²) in [4.78, 5) is 0.140. The average molecular weight is 302 g/mol. The monoisotopic (exact) mass is 302 g/mol. The Morgan fingerprint density at radius 2 is 2.00 bits per heavy atom. The Kier molecular flexibility index (Phi) is 6.41. The van der Waals surface area contributed by atoms with Crippen LogP contribution in [-0.4, -0.2) is 46.6 Å². The quantitative estimate of drug-likeness (QED) is 0.768. The summed E-state index contributed by atoms with van der Waals surface area (Å²) in [5.74, 6) is 0.318. The third-order valence-corrected chi connectivity index (χ3v) is 4.97. The number of benzene rings is 1. The predicted molar refractivity (Wildman–Crippen MR) is 77.2 cm³/mol. The summed E-state index contributed by atoms with van der Waals surface area (Å²) in [7, 11) is -0.642. The van der Waals surface area contributed by atoms with Gasteiger partial charge in [0.15, 0.2) is 0 Å². The lowest BCUT2D eigenvalue weighted by molar-refractivity contribution is 0.180. The van der Waals surface area contributed by atoms with Gasteiger partial charge < -0.3 is 15.2 Å². The molecule has 7 heteroatoms. The normalized spacial score (nSPS) is 11.8. The lowest BCUT2D eigenvalue weighted by Crippen LogP contribution is -2.34. The van der Waals surface area contributed by atoms with E-state index in [1.165, 1.54) is 18.5 Å². The van der Waals surface area contributed by atoms with Crippen LogP contribution in [0.5, 0.6) is 5.75 Å². The topological polar surface area (TPSA) is 81.9 Å². The molecule has 0 atom stereocenters. The van der Waals surface area contributed by atoms with Crippen molar-refractivity contribution >= 4 is 10.0 Å². The van der Waals surface area contributed by atoms with E-state index in [2.05, 4.69) is 0 Å². The molecule has 6 nitrogen and oxygen atoms in total. The highest BCUT2D eigenvalue weighted by atomic mass is 32.2. The molecule has 20 heavy (non-hydrogen) atoms. The van der Waals surface area contributed by atoms with Crippen LogP contribution in [0.1, 0.15) is 12.5 Å². The standard InChI is InChI=1S/C13H22N2O4S/c1-4-15(7-8-18-2)20(16,17)13-9-11(10-14)5-6-12(13)19-3/h5-6,9H,4,7-8,10,14H2,1-3H3. The van der Waals surface area contributed by atoms with Gasteiger partial charge in [-0.3, -0.25) is 0 Å². The largest absolute Gasteiger partial charge is 0.495 e. The molecular weight excluding hydrogens is 280 g/mol. The Morgan fingerprint density at radius 3 is 2.50 bits per heavy atom. The third-order valence-electron chi connectivity index (χ3n) is 2.98. The van der Waals surface area contributed by atoms with E-state index < -0.39 is 10.0 Å². The van der Waals surface area contributed by atoms with Crippen LogP contribution in [-0.2, 0) is 21.3 Å². The van der Waals surface area contributed by atoms with Gasteiger partial charge in [0.25, 0.3) is 0 Å². The molecule has 0 amide bonds. The zero-order valence-corrected chi connectivity index (χ0v) is 12.9. The fourth-order valence-electron chi connectivity index (χ4n) is 1.83. The minimum Gasteiger partial charge on any atom is -0.495 e. The van der Waals surface area contributed by atoms with Crippen molar-refractivity contribution in [2.75, 3.05) is 33.9 Å². The SMILES string of the molecule is CCN(CCOC)S(=O)(=O)c1cc(CN)ccc1OC. The number of nitrogens with two attached hydrogens (primary N) is 1. The van der Waals surface area contributed by atoms with Crippen LogP contribution < -0.4 is 10.5 Å². The number of likely N-dealkylation sites (N-methyl/N-ethyl adjacent to an activating group) is 1. The van der Waals surface area contributed by atoms with E-state index in [9.17, 15) is 8.42 Å². The molecule has 0 aliphatic rings. The summed E-state index contributed by atoms with van der Waals surface area (Å²) in [6.45, 7) is 3.06. The number of methoxy groups -OCH3 is 2. The Balaban J connectivity index is 3.24. The highest BCUT2D eigenvalue weighted by Crippen LogP contribution is 2.27. The summed E-state index contributed by atoms with van der Waals surface area (Å²) in [5, 5.41) is 0. The second kappa shape index (κ2) is 7.58. The Hall–Kier alpha value is -1.15. The van der Waals surface area contributed by atoms with Crippen molar-refractivity contribution in [2.24, 2.45) is 5.73 Å². The van der Waals surface area contributed by atoms with Gasteiger partial charge >= 0.3 is 0 Å². The van der Waals surface area contributed by atoms with Crippen LogP contribution >= 0.6 is 0 Å². The Labute approximate surface area is 120 Å². The number of hydrogen-bond donors (Lipinski definition) is 1. The van der Waals surface area contributed by atoms with Gasteiger partial charge in [0.1, 0.15) is 10.6 Å². The summed E-state index contributed by atoms with van der Waals surface area (Å²) >= 11 is 0. The van der Waals surface area contributed by atoms with Crippen LogP contribution in [0, 0.1) is 0 Å². The maximum Gasteiger partial charge on any atom is 0.246 e. The van der Waals surface area contributed by atoms with Crippen molar-refractivity contribution in [3.8, 4) is 5.75 Å². The minimum absolute atomic E-state index is 0.140. The van der Waals surface area contributed by atoms with E-state index in [1.54, 1.807) is 25.1 Å². The first-order valence-corrected chi connectivity index (χ1v) is 7.81. The molecule has 114 valence electrons. The lowest BCUT2D eigenvalue weighted by Gasteiger charge is -2.21. The van der Waals surface area contributed by atoms with E-state index >= 15 is 0 Å². The maximum absolute atomic E-state index is 12.7. The van der Waals surface area contributed by atoms with Gasteiger partial charge in [-0.25, -0.2) is 8.42 Å². The second-order valence-corrected chi connectivity index (χ2v) is 6.09. The fourth-order valence-corrected chi connectivity index (χ4v) is 3.47. The zero-order valence-electron chi connectivity index (χ0n) is 12.1. The summed E-state index contributed by atoms with van der Waals surface area (Å²) in [6, 6.07) is 4.94. The van der Waals surface area contributed by atoms with Crippen molar-refractivity contribution < 1.29 is 17.9 Å². The highest BCUT2D eigenvalue weighted by Gasteiger charge is 2.26. The minimum atomic E-state index is -3.63. The van der Waals surface area contributed by atoms with Crippen LogP contribution in [0.15, 0.2) is 23.1 Å². The molecule has 0 spiro atoms. The molecule has 2 N–H and O–H groups in total. The summed E-state index contributed by atoms with van der Waals surface area (Å²) in [6.07, 6.45) is 0. The van der Waals surface area contributed by atoms with E-state index in [0.29, 0.717) is 25.4 Å². The number of hydrogen-bond acceptors (Lipinski definition) is 5. The predicted octanol–water partition coefficient (Wildman–Crippen LogP) is 0.811. The summed E-state index contributed by atoms with van der Waals surface area (Å²) < 4.78 is 36.8. The first-order valence-electron chi connectivity index (χ1n) is 6.37. The number of sulfonamides is 1. The van der Waals surface area contributed by atoms with Crippen LogP contribution in [0.25, 0.3) is 0 Å². The van der Waals surface area contributed by atoms with E-state index in [-0.39, 0.29) is 11.4 Å². The van der Waals surface area contributed by atoms with Gasteiger partial charge in [-0.2, -0.15) is 4.31 Å². The molecule has 0 saturated heterocycles. The molecule has 0 radical (unpaired) electrons. The van der Waals surface area contributed by atoms with Crippen molar-refractivity contribution in [3.63, 3.8) is 0 Å². The average Bonchev–Trinajstić information content (AvgIpc) is 2.47. The van der Waals surface area contributed by atoms with Crippen molar-refractivity contribution in [1.82, 2.24) is 4.31 Å². The van der Waals surface area contributed by atoms with Gasteiger partial charge in [0.05, 0.1) is 13.7 Å². The molecule has 1 rings (SSSR count). The van der Waals surface area contributed by atoms with E-state index in [1.807, 2.05) is 0 Å². The Morgan fingerprint density at radius 1 is 1.30 bits per heavy atom. The van der Waals surface area contributed by atoms with Crippen molar-refractivity contribution in [2.45, 2.75) is 18.4 Å². The van der Waals surface area contributed by atoms with Gasteiger partial charge in [-0.05, 0) is 17.7 Å². The second-order valence-electron chi connectivity index (χ2n) is 4.18. The molecule has 0 aromatic heterocycles. The Bertz CT molecular complexity index is 531. The number of nitrogens with zero attached hydrogens (tertiary/aromatic N) is 1. The smallest absolute Gasteiger partial charge is 0.246 e. The molecule has 1 aromatic rings. The van der Waals surface area contributed by atoms with Gasteiger partial charge in [0, 0.05) is 26.7 Å². The number of ether oxygens (including phenoxy) is 2. The first kappa shape index (κ1) is 16.9. The molecule has 0 aliphatic carbocycles. The molecule has 0 aliphatic heterocycles. The molecule has 0 heterocycles. The molecule has 0 unspecified atom stereocenters. The third kappa shape index (κ3) is 3.69. The zero-order chi connectivity index (χ0) is 15.2. The molecule has 1 aromatic carbocycles. The fraction of sp³-hybridized carbons (Fsp3) is 0.538. The highest BCUT2D eigenvalue weighted by molar-refractivity contribution is 7.89. The van der Waals surface area contributed by atoms with E-state index in [0.717, 1.165) is 5.56 Å². The molecule has 0 fully saturated rings. The van der Waals surface area contributed by atoms with Crippen LogP contribution in [0.4, 0.5) is 0 Å². The molecule has 0 saturated carbocycles.